The summed E-state index contributed by atoms with van der Waals surface area (Å²) in [5.74, 6) is 1.56. The van der Waals surface area contributed by atoms with E-state index >= 15 is 0 Å². The van der Waals surface area contributed by atoms with Crippen LogP contribution in [0.5, 0.6) is 11.5 Å². The highest BCUT2D eigenvalue weighted by Gasteiger charge is 2.27. The Kier molecular flexibility index (Phi) is 6.04. The fourth-order valence-corrected chi connectivity index (χ4v) is 4.09. The third-order valence-electron chi connectivity index (χ3n) is 4.88. The molecule has 2 heterocycles. The van der Waals surface area contributed by atoms with Gasteiger partial charge < -0.3 is 14.4 Å². The Morgan fingerprint density at radius 3 is 2.36 bits per heavy atom. The molecule has 1 aliphatic heterocycles. The molecule has 5 heteroatoms. The molecule has 1 aliphatic rings. The number of hydrogen-bond donors (Lipinski definition) is 0. The number of thiophene rings is 1. The van der Waals surface area contributed by atoms with Gasteiger partial charge in [0, 0.05) is 29.7 Å². The number of amides is 1. The first-order valence-electron chi connectivity index (χ1n) is 9.54. The lowest BCUT2D eigenvalue weighted by Crippen LogP contribution is -2.42. The highest BCUT2D eigenvalue weighted by atomic mass is 32.1. The van der Waals surface area contributed by atoms with E-state index in [1.165, 1.54) is 4.88 Å². The Hall–Kier alpha value is -2.63. The lowest BCUT2D eigenvalue weighted by atomic mass is 10.0. The normalized spacial score (nSPS) is 14.6. The first-order chi connectivity index (χ1) is 13.8. The van der Waals surface area contributed by atoms with Gasteiger partial charge in [0.05, 0.1) is 6.54 Å². The maximum absolute atomic E-state index is 13.3. The molecule has 144 valence electrons. The number of para-hydroxylation sites is 1. The van der Waals surface area contributed by atoms with Crippen molar-refractivity contribution in [3.8, 4) is 11.5 Å². The van der Waals surface area contributed by atoms with Crippen molar-refractivity contribution >= 4 is 17.2 Å². The molecule has 0 atom stereocenters. The molecule has 2 aromatic carbocycles. The molecule has 0 N–H and O–H groups in total. The summed E-state index contributed by atoms with van der Waals surface area (Å²) in [4.78, 5) is 16.5. The van der Waals surface area contributed by atoms with Gasteiger partial charge in [0.15, 0.2) is 0 Å². The van der Waals surface area contributed by atoms with Crippen LogP contribution >= 0.6 is 11.3 Å². The standard InChI is InChI=1S/C23H23NO3S/c25-23(18-8-10-21(11-9-18)27-20-5-2-1-3-6-20)24(17-22-7-4-16-28-22)19-12-14-26-15-13-19/h1-11,16,19H,12-15,17H2. The molecule has 4 rings (SSSR count). The topological polar surface area (TPSA) is 38.8 Å². The molecule has 0 aliphatic carbocycles. The molecule has 1 fully saturated rings. The lowest BCUT2D eigenvalue weighted by Gasteiger charge is -2.34. The van der Waals surface area contributed by atoms with Crippen LogP contribution in [0.25, 0.3) is 0 Å². The summed E-state index contributed by atoms with van der Waals surface area (Å²) in [5.41, 5.74) is 0.684. The van der Waals surface area contributed by atoms with E-state index in [2.05, 4.69) is 11.4 Å². The molecule has 28 heavy (non-hydrogen) atoms. The molecular formula is C23H23NO3S. The van der Waals surface area contributed by atoms with Crippen molar-refractivity contribution in [2.45, 2.75) is 25.4 Å². The van der Waals surface area contributed by atoms with Crippen LogP contribution in [0.4, 0.5) is 0 Å². The largest absolute Gasteiger partial charge is 0.457 e. The Labute approximate surface area is 169 Å². The Bertz CT molecular complexity index is 872. The minimum atomic E-state index is 0.0616. The van der Waals surface area contributed by atoms with Gasteiger partial charge in [0.1, 0.15) is 11.5 Å². The van der Waals surface area contributed by atoms with Crippen molar-refractivity contribution in [2.75, 3.05) is 13.2 Å². The van der Waals surface area contributed by atoms with Crippen LogP contribution in [-0.2, 0) is 11.3 Å². The van der Waals surface area contributed by atoms with Crippen molar-refractivity contribution < 1.29 is 14.3 Å². The van der Waals surface area contributed by atoms with Crippen molar-refractivity contribution in [2.24, 2.45) is 0 Å². The van der Waals surface area contributed by atoms with Gasteiger partial charge in [-0.05, 0) is 60.7 Å². The average Bonchev–Trinajstić information content (AvgIpc) is 3.27. The Morgan fingerprint density at radius 2 is 1.68 bits per heavy atom. The molecule has 0 bridgehead atoms. The Morgan fingerprint density at radius 1 is 0.964 bits per heavy atom. The Balaban J connectivity index is 1.50. The summed E-state index contributed by atoms with van der Waals surface area (Å²) in [6, 6.07) is 21.4. The van der Waals surface area contributed by atoms with Gasteiger partial charge in [0.2, 0.25) is 0 Å². The number of benzene rings is 2. The maximum atomic E-state index is 13.3. The number of hydrogen-bond acceptors (Lipinski definition) is 4. The first kappa shape index (κ1) is 18.7. The van der Waals surface area contributed by atoms with Gasteiger partial charge in [-0.1, -0.05) is 24.3 Å². The number of carbonyl (C=O) groups excluding carboxylic acids is 1. The summed E-state index contributed by atoms with van der Waals surface area (Å²) in [6.45, 7) is 2.06. The predicted molar refractivity (Wildman–Crippen MR) is 111 cm³/mol. The molecular weight excluding hydrogens is 370 g/mol. The van der Waals surface area contributed by atoms with E-state index in [0.29, 0.717) is 25.3 Å². The second kappa shape index (κ2) is 9.04. The smallest absolute Gasteiger partial charge is 0.254 e. The molecule has 0 spiro atoms. The van der Waals surface area contributed by atoms with Crippen molar-refractivity contribution in [3.05, 3.63) is 82.6 Å². The molecule has 0 saturated carbocycles. The lowest BCUT2D eigenvalue weighted by molar-refractivity contribution is 0.0270. The molecule has 1 saturated heterocycles. The van der Waals surface area contributed by atoms with Gasteiger partial charge in [-0.25, -0.2) is 0 Å². The molecule has 3 aromatic rings. The van der Waals surface area contributed by atoms with E-state index < -0.39 is 0 Å². The summed E-state index contributed by atoms with van der Waals surface area (Å²) < 4.78 is 11.3. The fourth-order valence-electron chi connectivity index (χ4n) is 3.39. The molecule has 0 unspecified atom stereocenters. The fraction of sp³-hybridized carbons (Fsp3) is 0.261. The zero-order valence-electron chi connectivity index (χ0n) is 15.6. The van der Waals surface area contributed by atoms with E-state index in [1.807, 2.05) is 65.6 Å². The molecule has 0 radical (unpaired) electrons. The van der Waals surface area contributed by atoms with Crippen LogP contribution in [0.2, 0.25) is 0 Å². The van der Waals surface area contributed by atoms with Gasteiger partial charge in [-0.15, -0.1) is 11.3 Å². The van der Waals surface area contributed by atoms with E-state index in [9.17, 15) is 4.79 Å². The van der Waals surface area contributed by atoms with Crippen LogP contribution in [0.3, 0.4) is 0 Å². The quantitative estimate of drug-likeness (QED) is 0.566. The van der Waals surface area contributed by atoms with Gasteiger partial charge in [-0.3, -0.25) is 4.79 Å². The first-order valence-corrected chi connectivity index (χ1v) is 10.4. The van der Waals surface area contributed by atoms with Crippen LogP contribution in [-0.4, -0.2) is 30.1 Å². The maximum Gasteiger partial charge on any atom is 0.254 e. The highest BCUT2D eigenvalue weighted by Crippen LogP contribution is 2.25. The summed E-state index contributed by atoms with van der Waals surface area (Å²) in [7, 11) is 0. The highest BCUT2D eigenvalue weighted by molar-refractivity contribution is 7.09. The van der Waals surface area contributed by atoms with Gasteiger partial charge in [-0.2, -0.15) is 0 Å². The summed E-state index contributed by atoms with van der Waals surface area (Å²) in [5, 5.41) is 2.05. The monoisotopic (exact) mass is 393 g/mol. The average molecular weight is 394 g/mol. The second-order valence-electron chi connectivity index (χ2n) is 6.80. The van der Waals surface area contributed by atoms with Crippen LogP contribution in [0.15, 0.2) is 72.1 Å². The van der Waals surface area contributed by atoms with E-state index in [1.54, 1.807) is 11.3 Å². The van der Waals surface area contributed by atoms with Gasteiger partial charge in [0.25, 0.3) is 5.91 Å². The summed E-state index contributed by atoms with van der Waals surface area (Å²) >= 11 is 1.69. The summed E-state index contributed by atoms with van der Waals surface area (Å²) in [6.07, 6.45) is 1.76. The zero-order chi connectivity index (χ0) is 19.2. The minimum Gasteiger partial charge on any atom is -0.457 e. The second-order valence-corrected chi connectivity index (χ2v) is 7.83. The van der Waals surface area contributed by atoms with E-state index in [4.69, 9.17) is 9.47 Å². The van der Waals surface area contributed by atoms with E-state index in [0.717, 1.165) is 24.3 Å². The van der Waals surface area contributed by atoms with E-state index in [-0.39, 0.29) is 11.9 Å². The number of nitrogens with zero attached hydrogens (tertiary/aromatic N) is 1. The predicted octanol–water partition coefficient (Wildman–Crippen LogP) is 5.36. The van der Waals surface area contributed by atoms with Crippen molar-refractivity contribution in [1.82, 2.24) is 4.90 Å². The molecule has 4 nitrogen and oxygen atoms in total. The van der Waals surface area contributed by atoms with Crippen molar-refractivity contribution in [1.29, 1.82) is 0 Å². The van der Waals surface area contributed by atoms with Crippen LogP contribution < -0.4 is 4.74 Å². The SMILES string of the molecule is O=C(c1ccc(Oc2ccccc2)cc1)N(Cc1cccs1)C1CCOCC1. The third-order valence-corrected chi connectivity index (χ3v) is 5.74. The third kappa shape index (κ3) is 4.61. The molecule has 1 aromatic heterocycles. The number of ether oxygens (including phenoxy) is 2. The van der Waals surface area contributed by atoms with Crippen LogP contribution in [0.1, 0.15) is 28.1 Å². The molecule has 1 amide bonds. The zero-order valence-corrected chi connectivity index (χ0v) is 16.4. The number of carbonyl (C=O) groups is 1. The minimum absolute atomic E-state index is 0.0616. The number of rotatable bonds is 6. The van der Waals surface area contributed by atoms with Crippen LogP contribution in [0, 0.1) is 0 Å². The van der Waals surface area contributed by atoms with Gasteiger partial charge >= 0.3 is 0 Å². The van der Waals surface area contributed by atoms with Crippen molar-refractivity contribution in [3.63, 3.8) is 0 Å².